The van der Waals surface area contributed by atoms with Gasteiger partial charge in [0.05, 0.1) is 6.10 Å². The molecule has 2 rings (SSSR count). The number of amides is 1. The van der Waals surface area contributed by atoms with Crippen molar-refractivity contribution in [3.63, 3.8) is 0 Å². The first-order valence-corrected chi connectivity index (χ1v) is 7.25. The fourth-order valence-electron chi connectivity index (χ4n) is 2.21. The Kier molecular flexibility index (Phi) is 4.66. The first-order valence-electron chi connectivity index (χ1n) is 6.37. The molecule has 4 heteroatoms. The molecule has 0 aromatic heterocycles. The Morgan fingerprint density at radius 2 is 1.94 bits per heavy atom. The van der Waals surface area contributed by atoms with Crippen molar-refractivity contribution in [3.8, 4) is 0 Å². The first-order chi connectivity index (χ1) is 8.65. The Bertz CT molecular complexity index is 405. The molecule has 0 spiro atoms. The molecule has 1 aliphatic carbocycles. The summed E-state index contributed by atoms with van der Waals surface area (Å²) < 4.78 is 0. The minimum atomic E-state index is -0.182. The van der Waals surface area contributed by atoms with Crippen molar-refractivity contribution < 1.29 is 9.90 Å². The summed E-state index contributed by atoms with van der Waals surface area (Å²) in [7, 11) is 0. The molecule has 1 saturated carbocycles. The summed E-state index contributed by atoms with van der Waals surface area (Å²) in [6.07, 6.45) is 4.16. The maximum atomic E-state index is 10.9. The van der Waals surface area contributed by atoms with Crippen LogP contribution in [0.25, 0.3) is 0 Å². The fraction of sp³-hybridized carbons (Fsp3) is 0.500. The van der Waals surface area contributed by atoms with E-state index in [2.05, 4.69) is 5.32 Å². The highest BCUT2D eigenvalue weighted by Crippen LogP contribution is 2.34. The summed E-state index contributed by atoms with van der Waals surface area (Å²) in [6.45, 7) is 1.50. The summed E-state index contributed by atoms with van der Waals surface area (Å²) in [5, 5.41) is 13.0. The van der Waals surface area contributed by atoms with Gasteiger partial charge in [-0.05, 0) is 37.1 Å². The smallest absolute Gasteiger partial charge is 0.221 e. The van der Waals surface area contributed by atoms with Crippen LogP contribution in [0.1, 0.15) is 32.6 Å². The zero-order chi connectivity index (χ0) is 13.0. The van der Waals surface area contributed by atoms with Crippen LogP contribution in [0.5, 0.6) is 0 Å². The number of nitrogens with one attached hydrogen (secondary N) is 1. The molecular formula is C14H19NO2S. The van der Waals surface area contributed by atoms with Crippen LogP contribution < -0.4 is 5.32 Å². The number of hydrogen-bond donors (Lipinski definition) is 2. The van der Waals surface area contributed by atoms with Crippen LogP contribution in [0.3, 0.4) is 0 Å². The summed E-state index contributed by atoms with van der Waals surface area (Å²) in [5.74, 6) is -0.0573. The highest BCUT2D eigenvalue weighted by atomic mass is 32.2. The Labute approximate surface area is 112 Å². The standard InChI is InChI=1S/C14H19NO2S/c1-10(16)15-11-6-8-12(9-7-11)18-14-5-3-2-4-13(14)17/h6-9,13-14,17H,2-5H2,1H3,(H,15,16)/t13-,14-/m0/s1. The predicted octanol–water partition coefficient (Wildman–Crippen LogP) is 3.04. The van der Waals surface area contributed by atoms with Gasteiger partial charge in [0, 0.05) is 22.8 Å². The lowest BCUT2D eigenvalue weighted by atomic mass is 9.97. The van der Waals surface area contributed by atoms with Crippen molar-refractivity contribution in [2.45, 2.75) is 48.9 Å². The second-order valence-corrected chi connectivity index (χ2v) is 6.03. The summed E-state index contributed by atoms with van der Waals surface area (Å²) in [5.41, 5.74) is 0.816. The van der Waals surface area contributed by atoms with Gasteiger partial charge in [-0.2, -0.15) is 0 Å². The van der Waals surface area contributed by atoms with Crippen molar-refractivity contribution >= 4 is 23.4 Å². The molecule has 2 N–H and O–H groups in total. The number of aliphatic hydroxyl groups is 1. The van der Waals surface area contributed by atoms with Crippen LogP contribution in [-0.4, -0.2) is 22.4 Å². The van der Waals surface area contributed by atoms with Crippen molar-refractivity contribution in [1.29, 1.82) is 0 Å². The van der Waals surface area contributed by atoms with E-state index in [1.54, 1.807) is 11.8 Å². The summed E-state index contributed by atoms with van der Waals surface area (Å²) in [6, 6.07) is 7.80. The zero-order valence-corrected chi connectivity index (χ0v) is 11.4. The predicted molar refractivity (Wildman–Crippen MR) is 74.9 cm³/mol. The third-order valence-corrected chi connectivity index (χ3v) is 4.53. The average molecular weight is 265 g/mol. The average Bonchev–Trinajstić information content (AvgIpc) is 2.34. The number of anilines is 1. The van der Waals surface area contributed by atoms with Gasteiger partial charge in [0.25, 0.3) is 0 Å². The maximum Gasteiger partial charge on any atom is 0.221 e. The van der Waals surface area contributed by atoms with Crippen LogP contribution in [-0.2, 0) is 4.79 Å². The second kappa shape index (κ2) is 6.25. The summed E-state index contributed by atoms with van der Waals surface area (Å²) in [4.78, 5) is 12.1. The number of hydrogen-bond acceptors (Lipinski definition) is 3. The minimum absolute atomic E-state index is 0.0573. The molecule has 1 fully saturated rings. The third-order valence-electron chi connectivity index (χ3n) is 3.13. The quantitative estimate of drug-likeness (QED) is 0.883. The van der Waals surface area contributed by atoms with Crippen LogP contribution in [0.15, 0.2) is 29.2 Å². The van der Waals surface area contributed by atoms with E-state index in [1.165, 1.54) is 13.3 Å². The lowest BCUT2D eigenvalue weighted by molar-refractivity contribution is -0.114. The lowest BCUT2D eigenvalue weighted by Crippen LogP contribution is -2.26. The Balaban J connectivity index is 1.95. The van der Waals surface area contributed by atoms with E-state index in [9.17, 15) is 9.90 Å². The fourth-order valence-corrected chi connectivity index (χ4v) is 3.43. The number of thioether (sulfide) groups is 1. The molecule has 0 heterocycles. The molecule has 0 aliphatic heterocycles. The van der Waals surface area contributed by atoms with E-state index in [1.807, 2.05) is 24.3 Å². The van der Waals surface area contributed by atoms with Crippen molar-refractivity contribution in [2.75, 3.05) is 5.32 Å². The van der Waals surface area contributed by atoms with E-state index in [0.717, 1.165) is 29.8 Å². The van der Waals surface area contributed by atoms with Crippen molar-refractivity contribution in [3.05, 3.63) is 24.3 Å². The van der Waals surface area contributed by atoms with Gasteiger partial charge >= 0.3 is 0 Å². The van der Waals surface area contributed by atoms with Crippen molar-refractivity contribution in [1.82, 2.24) is 0 Å². The van der Waals surface area contributed by atoms with Crippen molar-refractivity contribution in [2.24, 2.45) is 0 Å². The number of carbonyl (C=O) groups excluding carboxylic acids is 1. The molecule has 2 atom stereocenters. The van der Waals surface area contributed by atoms with Gasteiger partial charge < -0.3 is 10.4 Å². The molecular weight excluding hydrogens is 246 g/mol. The largest absolute Gasteiger partial charge is 0.392 e. The van der Waals surface area contributed by atoms with E-state index >= 15 is 0 Å². The maximum absolute atomic E-state index is 10.9. The SMILES string of the molecule is CC(=O)Nc1ccc(S[C@H]2CCCC[C@@H]2O)cc1. The minimum Gasteiger partial charge on any atom is -0.392 e. The van der Waals surface area contributed by atoms with Gasteiger partial charge in [0.15, 0.2) is 0 Å². The number of benzene rings is 1. The van der Waals surface area contributed by atoms with Crippen LogP contribution >= 0.6 is 11.8 Å². The van der Waals surface area contributed by atoms with Gasteiger partial charge in [-0.25, -0.2) is 0 Å². The molecule has 1 amide bonds. The monoisotopic (exact) mass is 265 g/mol. The molecule has 98 valence electrons. The Morgan fingerprint density at radius 3 is 2.56 bits per heavy atom. The van der Waals surface area contributed by atoms with E-state index < -0.39 is 0 Å². The van der Waals surface area contributed by atoms with E-state index in [4.69, 9.17) is 0 Å². The second-order valence-electron chi connectivity index (χ2n) is 4.71. The zero-order valence-electron chi connectivity index (χ0n) is 10.6. The Morgan fingerprint density at radius 1 is 1.28 bits per heavy atom. The topological polar surface area (TPSA) is 49.3 Å². The first kappa shape index (κ1) is 13.4. The lowest BCUT2D eigenvalue weighted by Gasteiger charge is -2.26. The molecule has 0 saturated heterocycles. The molecule has 18 heavy (non-hydrogen) atoms. The van der Waals surface area contributed by atoms with Gasteiger partial charge in [-0.1, -0.05) is 12.8 Å². The van der Waals surface area contributed by atoms with Crippen LogP contribution in [0.4, 0.5) is 5.69 Å². The highest BCUT2D eigenvalue weighted by Gasteiger charge is 2.23. The molecule has 0 bridgehead atoms. The number of rotatable bonds is 3. The molecule has 1 aromatic carbocycles. The molecule has 3 nitrogen and oxygen atoms in total. The molecule has 0 unspecified atom stereocenters. The van der Waals surface area contributed by atoms with Crippen LogP contribution in [0.2, 0.25) is 0 Å². The molecule has 1 aliphatic rings. The highest BCUT2D eigenvalue weighted by molar-refractivity contribution is 8.00. The summed E-state index contributed by atoms with van der Waals surface area (Å²) >= 11 is 1.74. The van der Waals surface area contributed by atoms with Gasteiger partial charge in [-0.3, -0.25) is 4.79 Å². The van der Waals surface area contributed by atoms with Gasteiger partial charge in [0.1, 0.15) is 0 Å². The number of aliphatic hydroxyl groups excluding tert-OH is 1. The Hall–Kier alpha value is -1.00. The molecule has 0 radical (unpaired) electrons. The normalized spacial score (nSPS) is 23.7. The van der Waals surface area contributed by atoms with Gasteiger partial charge in [0.2, 0.25) is 5.91 Å². The van der Waals surface area contributed by atoms with E-state index in [0.29, 0.717) is 5.25 Å². The third kappa shape index (κ3) is 3.75. The number of carbonyl (C=O) groups is 1. The van der Waals surface area contributed by atoms with E-state index in [-0.39, 0.29) is 12.0 Å². The molecule has 1 aromatic rings. The van der Waals surface area contributed by atoms with Crippen LogP contribution in [0, 0.1) is 0 Å². The van der Waals surface area contributed by atoms with Gasteiger partial charge in [-0.15, -0.1) is 11.8 Å².